The fraction of sp³-hybridized carbons (Fsp3) is 0.237. The number of rotatable bonds is 9. The molecule has 264 valence electrons. The molecule has 1 aliphatic carbocycles. The van der Waals surface area contributed by atoms with Crippen LogP contribution in [-0.4, -0.2) is 48.3 Å². The van der Waals surface area contributed by atoms with Crippen molar-refractivity contribution in [2.45, 2.75) is 43.9 Å². The van der Waals surface area contributed by atoms with Crippen molar-refractivity contribution < 1.29 is 19.1 Å². The number of thiophene rings is 1. The van der Waals surface area contributed by atoms with E-state index >= 15 is 0 Å². The molecule has 0 fully saturated rings. The van der Waals surface area contributed by atoms with Crippen molar-refractivity contribution in [3.63, 3.8) is 0 Å². The van der Waals surface area contributed by atoms with Crippen LogP contribution in [0.1, 0.15) is 51.3 Å². The minimum Gasteiger partial charge on any atom is -0.485 e. The molecule has 2 N–H and O–H groups in total. The lowest BCUT2D eigenvalue weighted by Crippen LogP contribution is -2.25. The number of hydrogen-bond donors (Lipinski definition) is 2. The van der Waals surface area contributed by atoms with Gasteiger partial charge in [-0.2, -0.15) is 0 Å². The van der Waals surface area contributed by atoms with Gasteiger partial charge in [0.1, 0.15) is 17.3 Å². The Morgan fingerprint density at radius 3 is 2.37 bits per heavy atom. The van der Waals surface area contributed by atoms with Gasteiger partial charge in [-0.25, -0.2) is 4.68 Å². The van der Waals surface area contributed by atoms with Gasteiger partial charge in [0, 0.05) is 17.6 Å². The zero-order valence-electron chi connectivity index (χ0n) is 28.5. The number of para-hydroxylation sites is 4. The van der Waals surface area contributed by atoms with E-state index in [1.807, 2.05) is 89.5 Å². The zero-order valence-corrected chi connectivity index (χ0v) is 30.1. The van der Waals surface area contributed by atoms with E-state index in [9.17, 15) is 14.4 Å². The standard InChI is InChI=1S/C38H35N7O5S2/c1-23-33(37(48)45(43(23)2)25-15-7-4-8-16-25)40-35(47)32-26-17-9-12-20-30(26)52-36(32)39-31(46)22-51-38-42-41-34(44(38)24-13-5-3-6-14-24)29-21-49-27-18-10-11-19-28(27)50-29/h3-8,10-11,13-16,18-19,29H,9,12,17,20-22H2,1-2H3,(H,39,46)(H,40,47). The molecule has 0 spiro atoms. The Labute approximate surface area is 307 Å². The summed E-state index contributed by atoms with van der Waals surface area (Å²) < 4.78 is 17.4. The number of nitrogens with zero attached hydrogens (tertiary/aromatic N) is 5. The highest BCUT2D eigenvalue weighted by Gasteiger charge is 2.31. The van der Waals surface area contributed by atoms with Gasteiger partial charge in [-0.05, 0) is 74.6 Å². The summed E-state index contributed by atoms with van der Waals surface area (Å²) in [4.78, 5) is 42.4. The average Bonchev–Trinajstić information content (AvgIpc) is 3.83. The molecular formula is C38H35N7O5S2. The van der Waals surface area contributed by atoms with E-state index in [1.165, 1.54) is 27.8 Å². The van der Waals surface area contributed by atoms with Crippen LogP contribution in [0.2, 0.25) is 0 Å². The third-order valence-electron chi connectivity index (χ3n) is 9.25. The van der Waals surface area contributed by atoms with Crippen molar-refractivity contribution in [2.24, 2.45) is 7.05 Å². The van der Waals surface area contributed by atoms with Gasteiger partial charge >= 0.3 is 0 Å². The maximum atomic E-state index is 14.1. The molecule has 14 heteroatoms. The van der Waals surface area contributed by atoms with Crippen LogP contribution in [0.25, 0.3) is 11.4 Å². The number of ether oxygens (including phenoxy) is 2. The molecule has 1 atom stereocenters. The molecule has 3 aromatic carbocycles. The van der Waals surface area contributed by atoms with Gasteiger partial charge in [-0.15, -0.1) is 21.5 Å². The number of fused-ring (bicyclic) bond motifs is 2. The predicted octanol–water partition coefficient (Wildman–Crippen LogP) is 6.50. The number of carbonyl (C=O) groups excluding carboxylic acids is 2. The SMILES string of the molecule is Cc1c(NC(=O)c2c(NC(=O)CSc3nnc(C4COc5ccccc5O4)n3-c3ccccc3)sc3c2CCCC3)c(=O)n(-c2ccccc2)n1C. The summed E-state index contributed by atoms with van der Waals surface area (Å²) in [6, 6.07) is 26.4. The highest BCUT2D eigenvalue weighted by molar-refractivity contribution is 7.99. The van der Waals surface area contributed by atoms with E-state index in [-0.39, 0.29) is 29.5 Å². The first-order chi connectivity index (χ1) is 25.4. The maximum absolute atomic E-state index is 14.1. The molecule has 0 radical (unpaired) electrons. The molecule has 52 heavy (non-hydrogen) atoms. The number of thioether (sulfide) groups is 1. The predicted molar refractivity (Wildman–Crippen MR) is 201 cm³/mol. The molecule has 1 unspecified atom stereocenters. The molecule has 0 saturated carbocycles. The minimum absolute atomic E-state index is 0.0129. The molecule has 12 nitrogen and oxygen atoms in total. The van der Waals surface area contributed by atoms with Crippen LogP contribution in [0, 0.1) is 6.92 Å². The number of hydrogen-bond acceptors (Lipinski definition) is 9. The lowest BCUT2D eigenvalue weighted by atomic mass is 9.95. The van der Waals surface area contributed by atoms with Crippen LogP contribution in [0.15, 0.2) is 94.9 Å². The molecule has 2 aliphatic rings. The van der Waals surface area contributed by atoms with Crippen LogP contribution in [0.3, 0.4) is 0 Å². The molecule has 0 saturated heterocycles. The van der Waals surface area contributed by atoms with Gasteiger partial charge in [-0.1, -0.05) is 60.3 Å². The smallest absolute Gasteiger partial charge is 0.295 e. The molecule has 6 aromatic rings. The van der Waals surface area contributed by atoms with E-state index in [4.69, 9.17) is 9.47 Å². The molecule has 4 heterocycles. The van der Waals surface area contributed by atoms with E-state index < -0.39 is 12.0 Å². The van der Waals surface area contributed by atoms with Gasteiger partial charge in [0.25, 0.3) is 11.5 Å². The number of aryl methyl sites for hydroxylation is 1. The lowest BCUT2D eigenvalue weighted by Gasteiger charge is -2.26. The van der Waals surface area contributed by atoms with Crippen molar-refractivity contribution >= 4 is 45.6 Å². The first kappa shape index (κ1) is 33.5. The third kappa shape index (κ3) is 6.28. The van der Waals surface area contributed by atoms with Gasteiger partial charge in [0.2, 0.25) is 5.91 Å². The van der Waals surface area contributed by atoms with Crippen LogP contribution >= 0.6 is 23.1 Å². The summed E-state index contributed by atoms with van der Waals surface area (Å²) in [5.74, 6) is 1.14. The van der Waals surface area contributed by atoms with Crippen LogP contribution in [0.5, 0.6) is 11.5 Å². The molecule has 1 aliphatic heterocycles. The number of anilines is 2. The molecule has 8 rings (SSSR count). The molecule has 0 bridgehead atoms. The normalized spacial score (nSPS) is 14.8. The van der Waals surface area contributed by atoms with E-state index in [1.54, 1.807) is 18.7 Å². The average molecular weight is 734 g/mol. The minimum atomic E-state index is -0.519. The van der Waals surface area contributed by atoms with Crippen LogP contribution in [0.4, 0.5) is 10.7 Å². The highest BCUT2D eigenvalue weighted by atomic mass is 32.2. The first-order valence-corrected chi connectivity index (χ1v) is 18.8. The monoisotopic (exact) mass is 733 g/mol. The number of nitrogens with one attached hydrogen (secondary N) is 2. The summed E-state index contributed by atoms with van der Waals surface area (Å²) in [5, 5.41) is 15.9. The summed E-state index contributed by atoms with van der Waals surface area (Å²) in [6.07, 6.45) is 2.99. The van der Waals surface area contributed by atoms with Gasteiger partial charge < -0.3 is 20.1 Å². The molecular weight excluding hydrogens is 699 g/mol. The Balaban J connectivity index is 1.04. The van der Waals surface area contributed by atoms with Crippen molar-refractivity contribution in [1.29, 1.82) is 0 Å². The second-order valence-corrected chi connectivity index (χ2v) is 14.6. The number of amides is 2. The highest BCUT2D eigenvalue weighted by Crippen LogP contribution is 2.40. The Hall–Kier alpha value is -5.60. The van der Waals surface area contributed by atoms with Gasteiger partial charge in [0.05, 0.1) is 22.7 Å². The first-order valence-electron chi connectivity index (χ1n) is 17.0. The van der Waals surface area contributed by atoms with Crippen LogP contribution < -0.4 is 25.7 Å². The van der Waals surface area contributed by atoms with Gasteiger partial charge in [-0.3, -0.25) is 23.6 Å². The van der Waals surface area contributed by atoms with Crippen LogP contribution in [-0.2, 0) is 24.7 Å². The van der Waals surface area contributed by atoms with Gasteiger partial charge in [0.15, 0.2) is 28.6 Å². The van der Waals surface area contributed by atoms with E-state index in [2.05, 4.69) is 20.8 Å². The number of benzene rings is 3. The summed E-state index contributed by atoms with van der Waals surface area (Å²) in [6.45, 7) is 2.05. The fourth-order valence-electron chi connectivity index (χ4n) is 6.63. The summed E-state index contributed by atoms with van der Waals surface area (Å²) in [5.41, 5.74) is 3.34. The van der Waals surface area contributed by atoms with Crippen molar-refractivity contribution in [2.75, 3.05) is 23.0 Å². The Bertz CT molecular complexity index is 2350. The Kier molecular flexibility index (Phi) is 9.16. The lowest BCUT2D eigenvalue weighted by molar-refractivity contribution is -0.113. The number of carbonyl (C=O) groups is 2. The second kappa shape index (κ2) is 14.2. The second-order valence-electron chi connectivity index (χ2n) is 12.5. The largest absolute Gasteiger partial charge is 0.485 e. The summed E-state index contributed by atoms with van der Waals surface area (Å²) >= 11 is 2.66. The quantitative estimate of drug-likeness (QED) is 0.161. The van der Waals surface area contributed by atoms with E-state index in [0.29, 0.717) is 44.4 Å². The zero-order chi connectivity index (χ0) is 35.8. The topological polar surface area (TPSA) is 134 Å². The van der Waals surface area contributed by atoms with Crippen molar-refractivity contribution in [3.8, 4) is 22.9 Å². The van der Waals surface area contributed by atoms with Crippen molar-refractivity contribution in [1.82, 2.24) is 24.1 Å². The van der Waals surface area contributed by atoms with Crippen molar-refractivity contribution in [3.05, 3.63) is 123 Å². The molecule has 2 amide bonds. The molecule has 3 aromatic heterocycles. The number of aromatic nitrogens is 5. The summed E-state index contributed by atoms with van der Waals surface area (Å²) in [7, 11) is 1.78. The maximum Gasteiger partial charge on any atom is 0.295 e. The Morgan fingerprint density at radius 1 is 0.904 bits per heavy atom. The Morgan fingerprint density at radius 2 is 1.60 bits per heavy atom. The van der Waals surface area contributed by atoms with E-state index in [0.717, 1.165) is 41.8 Å². The fourth-order valence-corrected chi connectivity index (χ4v) is 8.69. The third-order valence-corrected chi connectivity index (χ3v) is 11.4.